The molecule has 3 atom stereocenters. The summed E-state index contributed by atoms with van der Waals surface area (Å²) in [5.74, 6) is 1.42. The van der Waals surface area contributed by atoms with E-state index in [4.69, 9.17) is 0 Å². The number of aromatic hydroxyl groups is 2. The summed E-state index contributed by atoms with van der Waals surface area (Å²) in [5, 5.41) is 21.7. The molecule has 25 heavy (non-hydrogen) atoms. The molecule has 0 aromatic heterocycles. The van der Waals surface area contributed by atoms with E-state index in [2.05, 4.69) is 45.7 Å². The van der Waals surface area contributed by atoms with Gasteiger partial charge >= 0.3 is 0 Å². The minimum absolute atomic E-state index is 0.317. The number of phenols is 2. The van der Waals surface area contributed by atoms with E-state index >= 15 is 0 Å². The van der Waals surface area contributed by atoms with Gasteiger partial charge in [0.25, 0.3) is 0 Å². The molecule has 0 amide bonds. The summed E-state index contributed by atoms with van der Waals surface area (Å²) in [5.41, 5.74) is 4.14. The first kappa shape index (κ1) is 17.4. The lowest BCUT2D eigenvalue weighted by Gasteiger charge is -2.39. The Labute approximate surface area is 165 Å². The van der Waals surface area contributed by atoms with Gasteiger partial charge in [0.05, 0.1) is 0 Å². The van der Waals surface area contributed by atoms with Crippen LogP contribution in [0.4, 0.5) is 0 Å². The van der Waals surface area contributed by atoms with E-state index in [-0.39, 0.29) is 5.41 Å². The summed E-state index contributed by atoms with van der Waals surface area (Å²) in [4.78, 5) is 0. The highest BCUT2D eigenvalue weighted by Crippen LogP contribution is 2.64. The second-order valence-corrected chi connectivity index (χ2v) is 9.21. The van der Waals surface area contributed by atoms with Crippen molar-refractivity contribution in [1.29, 1.82) is 0 Å². The van der Waals surface area contributed by atoms with Gasteiger partial charge in [0.15, 0.2) is 0 Å². The number of hydrogen-bond donors (Lipinski definition) is 2. The predicted octanol–water partition coefficient (Wildman–Crippen LogP) is 6.07. The lowest BCUT2D eigenvalue weighted by atomic mass is 9.64. The normalized spacial score (nSPS) is 26.9. The van der Waals surface area contributed by atoms with Gasteiger partial charge in [-0.2, -0.15) is 0 Å². The van der Waals surface area contributed by atoms with Gasteiger partial charge in [0.2, 0.25) is 0 Å². The first-order valence-electron chi connectivity index (χ1n) is 8.94. The van der Waals surface area contributed by atoms with Crippen molar-refractivity contribution in [2.75, 3.05) is 0 Å². The van der Waals surface area contributed by atoms with Gasteiger partial charge in [0, 0.05) is 25.5 Å². The third-order valence-corrected chi connectivity index (χ3v) is 7.80. The zero-order valence-electron chi connectivity index (χ0n) is 14.4. The average Bonchev–Trinajstić information content (AvgIpc) is 3.07. The maximum absolute atomic E-state index is 10.9. The molecule has 0 saturated carbocycles. The van der Waals surface area contributed by atoms with E-state index in [0.717, 1.165) is 45.8 Å². The highest BCUT2D eigenvalue weighted by Gasteiger charge is 2.58. The van der Waals surface area contributed by atoms with Crippen molar-refractivity contribution in [3.8, 4) is 11.5 Å². The fourth-order valence-electron chi connectivity index (χ4n) is 5.52. The van der Waals surface area contributed by atoms with Crippen molar-refractivity contribution in [2.24, 2.45) is 11.8 Å². The Hall–Kier alpha value is -1.000. The molecule has 2 aromatic carbocycles. The van der Waals surface area contributed by atoms with Crippen LogP contribution in [0.15, 0.2) is 33.2 Å². The van der Waals surface area contributed by atoms with Gasteiger partial charge in [-0.1, -0.05) is 52.1 Å². The summed E-state index contributed by atoms with van der Waals surface area (Å²) in [7, 11) is 0. The van der Waals surface area contributed by atoms with Gasteiger partial charge in [0.1, 0.15) is 11.5 Å². The third kappa shape index (κ3) is 2.19. The van der Waals surface area contributed by atoms with E-state index in [0.29, 0.717) is 23.3 Å². The highest BCUT2D eigenvalue weighted by atomic mass is 79.9. The summed E-state index contributed by atoms with van der Waals surface area (Å²) in [6.07, 6.45) is 4.02. The molecule has 0 saturated heterocycles. The summed E-state index contributed by atoms with van der Waals surface area (Å²) < 4.78 is 2.12. The van der Waals surface area contributed by atoms with Crippen molar-refractivity contribution < 1.29 is 10.2 Å². The lowest BCUT2D eigenvalue weighted by Crippen LogP contribution is -2.37. The summed E-state index contributed by atoms with van der Waals surface area (Å²) >= 11 is 7.39. The fraction of sp³-hybridized carbons (Fsp3) is 0.429. The lowest BCUT2D eigenvalue weighted by molar-refractivity contribution is 0.244. The molecule has 2 nitrogen and oxygen atoms in total. The second-order valence-electron chi connectivity index (χ2n) is 7.50. The van der Waals surface area contributed by atoms with E-state index in [1.165, 1.54) is 11.1 Å². The molecule has 1 spiro atoms. The maximum Gasteiger partial charge on any atom is 0.120 e. The van der Waals surface area contributed by atoms with E-state index < -0.39 is 0 Å². The molecule has 0 bridgehead atoms. The fourth-order valence-corrected chi connectivity index (χ4v) is 6.51. The number of fused-ring (bicyclic) bond motifs is 4. The van der Waals surface area contributed by atoms with Crippen molar-refractivity contribution in [3.63, 3.8) is 0 Å². The SMILES string of the molecule is CCCC1Cc2c(Br)ccc(O)c2[C@]12c1c(O)ccc(Br)c1C[C@@H]2C. The Morgan fingerprint density at radius 2 is 1.48 bits per heavy atom. The Morgan fingerprint density at radius 3 is 2.00 bits per heavy atom. The molecule has 2 aliphatic rings. The van der Waals surface area contributed by atoms with E-state index in [9.17, 15) is 10.2 Å². The highest BCUT2D eigenvalue weighted by molar-refractivity contribution is 9.10. The molecule has 2 aromatic rings. The molecule has 132 valence electrons. The minimum Gasteiger partial charge on any atom is -0.508 e. The quantitative estimate of drug-likeness (QED) is 0.564. The van der Waals surface area contributed by atoms with Crippen molar-refractivity contribution >= 4 is 31.9 Å². The molecule has 1 unspecified atom stereocenters. The van der Waals surface area contributed by atoms with Crippen LogP contribution in [-0.2, 0) is 18.3 Å². The van der Waals surface area contributed by atoms with Crippen LogP contribution in [0.5, 0.6) is 11.5 Å². The summed E-state index contributed by atoms with van der Waals surface area (Å²) in [6.45, 7) is 4.48. The van der Waals surface area contributed by atoms with Gasteiger partial charge in [-0.25, -0.2) is 0 Å². The number of halogens is 2. The Kier molecular flexibility index (Phi) is 4.19. The first-order valence-corrected chi connectivity index (χ1v) is 10.5. The smallest absolute Gasteiger partial charge is 0.120 e. The van der Waals surface area contributed by atoms with E-state index in [1.54, 1.807) is 12.1 Å². The van der Waals surface area contributed by atoms with Gasteiger partial charge in [-0.15, -0.1) is 0 Å². The Morgan fingerprint density at radius 1 is 0.960 bits per heavy atom. The van der Waals surface area contributed by atoms with Gasteiger partial charge < -0.3 is 10.2 Å². The molecule has 0 radical (unpaired) electrons. The van der Waals surface area contributed by atoms with Gasteiger partial charge in [-0.3, -0.25) is 0 Å². The van der Waals surface area contributed by atoms with Crippen LogP contribution >= 0.6 is 31.9 Å². The van der Waals surface area contributed by atoms with Crippen molar-refractivity contribution in [2.45, 2.75) is 44.9 Å². The van der Waals surface area contributed by atoms with Crippen LogP contribution in [-0.4, -0.2) is 10.2 Å². The first-order chi connectivity index (χ1) is 11.9. The molecule has 0 aliphatic heterocycles. The van der Waals surface area contributed by atoms with Crippen LogP contribution in [0, 0.1) is 11.8 Å². The van der Waals surface area contributed by atoms with Gasteiger partial charge in [-0.05, 0) is 66.5 Å². The Balaban J connectivity index is 2.10. The number of phenolic OH excluding ortho intramolecular Hbond substituents is 2. The van der Waals surface area contributed by atoms with Crippen LogP contribution in [0.3, 0.4) is 0 Å². The molecule has 2 N–H and O–H groups in total. The summed E-state index contributed by atoms with van der Waals surface area (Å²) in [6, 6.07) is 7.46. The molecular formula is C21H22Br2O2. The van der Waals surface area contributed by atoms with Crippen molar-refractivity contribution in [1.82, 2.24) is 0 Å². The van der Waals surface area contributed by atoms with Crippen LogP contribution in [0.1, 0.15) is 48.9 Å². The molecule has 0 heterocycles. The molecule has 4 rings (SSSR count). The second kappa shape index (κ2) is 6.02. The van der Waals surface area contributed by atoms with Crippen LogP contribution in [0.25, 0.3) is 0 Å². The number of rotatable bonds is 2. The molecule has 4 heteroatoms. The monoisotopic (exact) mass is 464 g/mol. The molecular weight excluding hydrogens is 444 g/mol. The molecule has 0 fully saturated rings. The van der Waals surface area contributed by atoms with Crippen molar-refractivity contribution in [3.05, 3.63) is 55.5 Å². The average molecular weight is 466 g/mol. The van der Waals surface area contributed by atoms with Crippen LogP contribution in [0.2, 0.25) is 0 Å². The zero-order chi connectivity index (χ0) is 17.9. The molecule has 2 aliphatic carbocycles. The predicted molar refractivity (Wildman–Crippen MR) is 107 cm³/mol. The zero-order valence-corrected chi connectivity index (χ0v) is 17.6. The minimum atomic E-state index is -0.317. The number of benzene rings is 2. The topological polar surface area (TPSA) is 40.5 Å². The van der Waals surface area contributed by atoms with E-state index in [1.807, 2.05) is 12.1 Å². The number of hydrogen-bond acceptors (Lipinski definition) is 2. The maximum atomic E-state index is 10.9. The largest absolute Gasteiger partial charge is 0.508 e. The Bertz CT molecular complexity index is 842. The third-order valence-electron chi connectivity index (χ3n) is 6.31. The van der Waals surface area contributed by atoms with Crippen LogP contribution < -0.4 is 0 Å². The standard InChI is InChI=1S/C21H22Br2O2/c1-3-4-12-10-14-16(23)6-8-18(25)20(14)21(12)11(2)9-13-15(22)5-7-17(24)19(13)21/h5-8,11-12,24-25H,3-4,9-10H2,1-2H3/t11-,12?,21-/m0/s1.